The van der Waals surface area contributed by atoms with Gasteiger partial charge in [-0.1, -0.05) is 30.3 Å². The average molecular weight is 251 g/mol. The van der Waals surface area contributed by atoms with E-state index in [1.807, 2.05) is 7.05 Å². The molecular weight excluding hydrogens is 226 g/mol. The average Bonchev–Trinajstić information content (AvgIpc) is 2.43. The van der Waals surface area contributed by atoms with Gasteiger partial charge in [0.15, 0.2) is 0 Å². The smallest absolute Gasteiger partial charge is 0.0487 e. The highest BCUT2D eigenvalue weighted by Gasteiger charge is 2.07. The van der Waals surface area contributed by atoms with Crippen LogP contribution in [-0.4, -0.2) is 34.0 Å². The molecule has 0 radical (unpaired) electrons. The van der Waals surface area contributed by atoms with Gasteiger partial charge in [-0.05, 0) is 31.9 Å². The van der Waals surface area contributed by atoms with E-state index >= 15 is 0 Å². The molecule has 0 heterocycles. The van der Waals surface area contributed by atoms with Crippen molar-refractivity contribution in [2.45, 2.75) is 25.3 Å². The van der Waals surface area contributed by atoms with Crippen LogP contribution in [0.25, 0.3) is 0 Å². The van der Waals surface area contributed by atoms with Crippen LogP contribution in [0.4, 0.5) is 0 Å². The lowest BCUT2D eigenvalue weighted by atomic mass is 10.0. The number of nitrogens with one attached hydrogen (secondary N) is 1. The van der Waals surface area contributed by atoms with E-state index in [0.29, 0.717) is 6.04 Å². The highest BCUT2D eigenvalue weighted by Crippen LogP contribution is 2.17. The Morgan fingerprint density at radius 3 is 2.44 bits per heavy atom. The molecule has 1 aromatic carbocycles. The van der Waals surface area contributed by atoms with Crippen LogP contribution in [0.1, 0.15) is 30.9 Å². The second-order valence-electron chi connectivity index (χ2n) is 4.35. The van der Waals surface area contributed by atoms with Gasteiger partial charge in [0.2, 0.25) is 0 Å². The van der Waals surface area contributed by atoms with Gasteiger partial charge in [-0.25, -0.2) is 0 Å². The van der Waals surface area contributed by atoms with Gasteiger partial charge < -0.3 is 14.8 Å². The van der Waals surface area contributed by atoms with E-state index in [0.717, 1.165) is 39.1 Å². The van der Waals surface area contributed by atoms with E-state index in [-0.39, 0.29) is 0 Å². The van der Waals surface area contributed by atoms with Gasteiger partial charge >= 0.3 is 0 Å². The fraction of sp³-hybridized carbons (Fsp3) is 0.600. The summed E-state index contributed by atoms with van der Waals surface area (Å²) in [4.78, 5) is 0. The van der Waals surface area contributed by atoms with E-state index in [9.17, 15) is 0 Å². The fourth-order valence-electron chi connectivity index (χ4n) is 1.96. The second kappa shape index (κ2) is 10.1. The van der Waals surface area contributed by atoms with Crippen LogP contribution >= 0.6 is 0 Å². The molecule has 0 fully saturated rings. The number of hydrogen-bond acceptors (Lipinski definition) is 3. The predicted molar refractivity (Wildman–Crippen MR) is 74.8 cm³/mol. The lowest BCUT2D eigenvalue weighted by Crippen LogP contribution is -2.16. The molecule has 1 atom stereocenters. The van der Waals surface area contributed by atoms with E-state index in [1.165, 1.54) is 5.56 Å². The largest absolute Gasteiger partial charge is 0.385 e. The Morgan fingerprint density at radius 2 is 1.78 bits per heavy atom. The Morgan fingerprint density at radius 1 is 1.06 bits per heavy atom. The molecule has 1 aromatic rings. The van der Waals surface area contributed by atoms with Gasteiger partial charge in [0.05, 0.1) is 0 Å². The standard InChI is InChI=1S/C15H25NO2/c1-16-15(14-8-4-3-5-9-14)10-6-12-18-13-7-11-17-2/h3-5,8-9,15-16H,6-7,10-13H2,1-2H3. The first-order chi connectivity index (χ1) is 8.88. The third-order valence-corrected chi connectivity index (χ3v) is 2.97. The van der Waals surface area contributed by atoms with Gasteiger partial charge in [0.25, 0.3) is 0 Å². The number of methoxy groups -OCH3 is 1. The monoisotopic (exact) mass is 251 g/mol. The maximum Gasteiger partial charge on any atom is 0.0487 e. The number of ether oxygens (including phenoxy) is 2. The Balaban J connectivity index is 2.13. The summed E-state index contributed by atoms with van der Waals surface area (Å²) in [6.45, 7) is 2.40. The minimum atomic E-state index is 0.425. The molecule has 0 spiro atoms. The topological polar surface area (TPSA) is 30.5 Å². The van der Waals surface area contributed by atoms with Crippen molar-refractivity contribution < 1.29 is 9.47 Å². The van der Waals surface area contributed by atoms with Crippen molar-refractivity contribution in [1.29, 1.82) is 0 Å². The molecule has 3 heteroatoms. The zero-order valence-electron chi connectivity index (χ0n) is 11.5. The van der Waals surface area contributed by atoms with Gasteiger partial charge in [0, 0.05) is 33.0 Å². The molecule has 0 amide bonds. The van der Waals surface area contributed by atoms with Gasteiger partial charge in [0.1, 0.15) is 0 Å². The van der Waals surface area contributed by atoms with Crippen molar-refractivity contribution in [3.63, 3.8) is 0 Å². The summed E-state index contributed by atoms with van der Waals surface area (Å²) in [5.74, 6) is 0. The summed E-state index contributed by atoms with van der Waals surface area (Å²) >= 11 is 0. The number of benzene rings is 1. The Hall–Kier alpha value is -0.900. The Labute approximate surface area is 110 Å². The molecule has 3 nitrogen and oxygen atoms in total. The van der Waals surface area contributed by atoms with Crippen molar-refractivity contribution in [2.24, 2.45) is 0 Å². The highest BCUT2D eigenvalue weighted by atomic mass is 16.5. The minimum Gasteiger partial charge on any atom is -0.385 e. The van der Waals surface area contributed by atoms with Crippen LogP contribution in [0, 0.1) is 0 Å². The fourth-order valence-corrected chi connectivity index (χ4v) is 1.96. The molecule has 0 aliphatic carbocycles. The molecular formula is C15H25NO2. The lowest BCUT2D eigenvalue weighted by molar-refractivity contribution is 0.0991. The third-order valence-electron chi connectivity index (χ3n) is 2.97. The van der Waals surface area contributed by atoms with Crippen LogP contribution < -0.4 is 5.32 Å². The summed E-state index contributed by atoms with van der Waals surface area (Å²) in [6.07, 6.45) is 3.16. The molecule has 1 unspecified atom stereocenters. The molecule has 18 heavy (non-hydrogen) atoms. The molecule has 0 saturated heterocycles. The van der Waals surface area contributed by atoms with Crippen molar-refractivity contribution in [2.75, 3.05) is 34.0 Å². The molecule has 0 aliphatic rings. The summed E-state index contributed by atoms with van der Waals surface area (Å²) in [6, 6.07) is 11.0. The van der Waals surface area contributed by atoms with Crippen LogP contribution in [0.5, 0.6) is 0 Å². The SMILES string of the molecule is CNC(CCCOCCCOC)c1ccccc1. The Kier molecular flexibility index (Phi) is 8.47. The summed E-state index contributed by atoms with van der Waals surface area (Å²) in [7, 11) is 3.73. The molecule has 1 rings (SSSR count). The molecule has 0 bridgehead atoms. The van der Waals surface area contributed by atoms with Crippen LogP contribution in [0.2, 0.25) is 0 Å². The maximum atomic E-state index is 5.56. The van der Waals surface area contributed by atoms with Crippen molar-refractivity contribution in [1.82, 2.24) is 5.32 Å². The minimum absolute atomic E-state index is 0.425. The van der Waals surface area contributed by atoms with Crippen molar-refractivity contribution >= 4 is 0 Å². The van der Waals surface area contributed by atoms with Crippen molar-refractivity contribution in [3.8, 4) is 0 Å². The normalized spacial score (nSPS) is 12.6. The van der Waals surface area contributed by atoms with Gasteiger partial charge in [-0.3, -0.25) is 0 Å². The first kappa shape index (κ1) is 15.2. The van der Waals surface area contributed by atoms with Crippen LogP contribution in [0.3, 0.4) is 0 Å². The van der Waals surface area contributed by atoms with E-state index in [4.69, 9.17) is 9.47 Å². The molecule has 0 aromatic heterocycles. The molecule has 0 saturated carbocycles. The Bertz CT molecular complexity index is 290. The van der Waals surface area contributed by atoms with Crippen molar-refractivity contribution in [3.05, 3.63) is 35.9 Å². The van der Waals surface area contributed by atoms with E-state index in [2.05, 4.69) is 35.6 Å². The molecule has 0 aliphatic heterocycles. The van der Waals surface area contributed by atoms with E-state index in [1.54, 1.807) is 7.11 Å². The highest BCUT2D eigenvalue weighted by molar-refractivity contribution is 5.18. The zero-order valence-corrected chi connectivity index (χ0v) is 11.5. The van der Waals surface area contributed by atoms with Crippen LogP contribution in [0.15, 0.2) is 30.3 Å². The lowest BCUT2D eigenvalue weighted by Gasteiger charge is -2.16. The second-order valence-corrected chi connectivity index (χ2v) is 4.35. The van der Waals surface area contributed by atoms with Gasteiger partial charge in [-0.2, -0.15) is 0 Å². The number of hydrogen-bond donors (Lipinski definition) is 1. The maximum absolute atomic E-state index is 5.56. The number of rotatable bonds is 10. The summed E-state index contributed by atoms with van der Waals surface area (Å²) in [5, 5.41) is 3.35. The van der Waals surface area contributed by atoms with Gasteiger partial charge in [-0.15, -0.1) is 0 Å². The predicted octanol–water partition coefficient (Wildman–Crippen LogP) is 2.78. The van der Waals surface area contributed by atoms with Crippen LogP contribution in [-0.2, 0) is 9.47 Å². The first-order valence-electron chi connectivity index (χ1n) is 6.67. The van der Waals surface area contributed by atoms with E-state index < -0.39 is 0 Å². The third kappa shape index (κ3) is 6.15. The summed E-state index contributed by atoms with van der Waals surface area (Å²) in [5.41, 5.74) is 1.35. The molecule has 102 valence electrons. The zero-order chi connectivity index (χ0) is 13.1. The summed E-state index contributed by atoms with van der Waals surface area (Å²) < 4.78 is 10.5. The quantitative estimate of drug-likeness (QED) is 0.649. The first-order valence-corrected chi connectivity index (χ1v) is 6.67. The molecule has 1 N–H and O–H groups in total.